The van der Waals surface area contributed by atoms with E-state index in [-0.39, 0.29) is 23.7 Å². The van der Waals surface area contributed by atoms with Crippen molar-refractivity contribution in [2.75, 3.05) is 6.54 Å². The molecule has 1 aromatic rings. The molecule has 0 aromatic heterocycles. The molecule has 15 heavy (non-hydrogen) atoms. The topological polar surface area (TPSA) is 72.3 Å². The summed E-state index contributed by atoms with van der Waals surface area (Å²) in [6.07, 6.45) is 0.431. The van der Waals surface area contributed by atoms with Gasteiger partial charge in [0, 0.05) is 11.6 Å². The van der Waals surface area contributed by atoms with Crippen LogP contribution in [0.3, 0.4) is 0 Å². The van der Waals surface area contributed by atoms with Crippen LogP contribution in [0.25, 0.3) is 0 Å². The van der Waals surface area contributed by atoms with Crippen LogP contribution in [0.2, 0.25) is 0 Å². The maximum Gasteiger partial charge on any atom is 0.137 e. The van der Waals surface area contributed by atoms with E-state index < -0.39 is 11.9 Å². The van der Waals surface area contributed by atoms with Crippen molar-refractivity contribution in [1.82, 2.24) is 0 Å². The third kappa shape index (κ3) is 3.31. The molecule has 0 spiro atoms. The Morgan fingerprint density at radius 2 is 2.07 bits per heavy atom. The average Bonchev–Trinajstić information content (AvgIpc) is 2.13. The second-order valence-electron chi connectivity index (χ2n) is 2.98. The first kappa shape index (κ1) is 14.6. The quantitative estimate of drug-likeness (QED) is 0.800. The fraction of sp³-hybridized carbons (Fsp3) is 0.333. The Morgan fingerprint density at radius 3 is 2.60 bits per heavy atom. The molecule has 86 valence electrons. The smallest absolute Gasteiger partial charge is 0.137 e. The van der Waals surface area contributed by atoms with E-state index in [9.17, 15) is 9.50 Å². The number of phenols is 1. The Hall–Kier alpha value is -0.360. The maximum atomic E-state index is 13.3. The number of hydrogen-bond donors (Lipinski definition) is 3. The van der Waals surface area contributed by atoms with Crippen LogP contribution in [0.4, 0.5) is 4.39 Å². The zero-order chi connectivity index (χ0) is 10.7. The molecule has 0 fully saturated rings. The molecule has 0 saturated heterocycles. The summed E-state index contributed by atoms with van der Waals surface area (Å²) in [7, 11) is 0. The van der Waals surface area contributed by atoms with Gasteiger partial charge in [0.2, 0.25) is 0 Å². The molecule has 0 aliphatic rings. The average molecular weight is 300 g/mol. The lowest BCUT2D eigenvalue weighted by molar-refractivity contribution is 0.442. The predicted molar refractivity (Wildman–Crippen MR) is 63.6 cm³/mol. The third-order valence-corrected chi connectivity index (χ3v) is 2.60. The van der Waals surface area contributed by atoms with Crippen LogP contribution in [-0.2, 0) is 0 Å². The van der Waals surface area contributed by atoms with Crippen LogP contribution in [0.5, 0.6) is 5.75 Å². The molecule has 0 amide bonds. The van der Waals surface area contributed by atoms with Gasteiger partial charge < -0.3 is 16.6 Å². The Morgan fingerprint density at radius 1 is 1.47 bits per heavy atom. The minimum Gasteiger partial charge on any atom is -0.506 e. The van der Waals surface area contributed by atoms with Crippen LogP contribution in [0, 0.1) is 5.82 Å². The molecule has 0 bridgehead atoms. The lowest BCUT2D eigenvalue weighted by atomic mass is 10.0. The lowest BCUT2D eigenvalue weighted by Gasteiger charge is -2.14. The fourth-order valence-corrected chi connectivity index (χ4v) is 1.58. The molecule has 1 aromatic carbocycles. The lowest BCUT2D eigenvalue weighted by Crippen LogP contribution is -2.16. The summed E-state index contributed by atoms with van der Waals surface area (Å²) in [5.41, 5.74) is 11.1. The van der Waals surface area contributed by atoms with Crippen molar-refractivity contribution in [3.8, 4) is 5.75 Å². The first-order valence-electron chi connectivity index (χ1n) is 4.20. The molecule has 3 nitrogen and oxygen atoms in total. The van der Waals surface area contributed by atoms with E-state index >= 15 is 0 Å². The number of halogens is 3. The molecule has 1 rings (SSSR count). The highest BCUT2D eigenvalue weighted by Crippen LogP contribution is 2.33. The van der Waals surface area contributed by atoms with E-state index in [2.05, 4.69) is 15.9 Å². The van der Waals surface area contributed by atoms with Crippen molar-refractivity contribution in [3.63, 3.8) is 0 Å². The molecule has 0 unspecified atom stereocenters. The molecule has 0 aliphatic carbocycles. The first-order valence-corrected chi connectivity index (χ1v) is 4.99. The summed E-state index contributed by atoms with van der Waals surface area (Å²) in [5.74, 6) is -0.655. The van der Waals surface area contributed by atoms with Crippen molar-refractivity contribution in [3.05, 3.63) is 28.0 Å². The van der Waals surface area contributed by atoms with Crippen LogP contribution in [0.15, 0.2) is 16.6 Å². The number of benzene rings is 1. The summed E-state index contributed by atoms with van der Waals surface area (Å²) >= 11 is 3.10. The van der Waals surface area contributed by atoms with Crippen molar-refractivity contribution in [1.29, 1.82) is 0 Å². The number of nitrogens with two attached hydrogens (primary N) is 2. The first-order chi connectivity index (χ1) is 6.57. The molecular formula is C9H13BrClFN2O. The van der Waals surface area contributed by atoms with Gasteiger partial charge in [0.15, 0.2) is 0 Å². The second kappa shape index (κ2) is 6.27. The molecule has 6 heteroatoms. The highest BCUT2D eigenvalue weighted by atomic mass is 79.9. The van der Waals surface area contributed by atoms with Gasteiger partial charge in [-0.25, -0.2) is 4.39 Å². The van der Waals surface area contributed by atoms with Gasteiger partial charge in [0.25, 0.3) is 0 Å². The van der Waals surface area contributed by atoms with Gasteiger partial charge in [-0.2, -0.15) is 0 Å². The fourth-order valence-electron chi connectivity index (χ4n) is 1.23. The molecule has 0 aliphatic heterocycles. The van der Waals surface area contributed by atoms with E-state index in [1.54, 1.807) is 0 Å². The molecule has 0 saturated carbocycles. The standard InChI is InChI=1S/C9H12BrFN2O.ClH/c10-5-1-2-6(11)8(9(5)14)7(13)3-4-12;/h1-2,7,14H,3-4,12-13H2;1H/t7-;/m0./s1. The number of hydrogen-bond acceptors (Lipinski definition) is 3. The predicted octanol–water partition coefficient (Wildman–Crippen LogP) is 2.06. The van der Waals surface area contributed by atoms with Gasteiger partial charge in [0.1, 0.15) is 11.6 Å². The second-order valence-corrected chi connectivity index (χ2v) is 3.83. The van der Waals surface area contributed by atoms with Crippen LogP contribution < -0.4 is 11.5 Å². The van der Waals surface area contributed by atoms with Crippen LogP contribution in [0.1, 0.15) is 18.0 Å². The summed E-state index contributed by atoms with van der Waals surface area (Å²) < 4.78 is 13.7. The molecule has 0 radical (unpaired) electrons. The van der Waals surface area contributed by atoms with E-state index in [0.717, 1.165) is 0 Å². The van der Waals surface area contributed by atoms with Crippen LogP contribution >= 0.6 is 28.3 Å². The molecule has 1 atom stereocenters. The minimum absolute atomic E-state index is 0. The van der Waals surface area contributed by atoms with Gasteiger partial charge in [-0.3, -0.25) is 0 Å². The molecular weight excluding hydrogens is 286 g/mol. The monoisotopic (exact) mass is 298 g/mol. The van der Waals surface area contributed by atoms with Gasteiger partial charge in [-0.15, -0.1) is 12.4 Å². The molecule has 5 N–H and O–H groups in total. The SMILES string of the molecule is Cl.NCC[C@H](N)c1c(F)ccc(Br)c1O. The van der Waals surface area contributed by atoms with Crippen molar-refractivity contribution in [2.24, 2.45) is 11.5 Å². The highest BCUT2D eigenvalue weighted by Gasteiger charge is 2.17. The Balaban J connectivity index is 0.00000196. The zero-order valence-electron chi connectivity index (χ0n) is 7.91. The van der Waals surface area contributed by atoms with E-state index in [1.165, 1.54) is 12.1 Å². The van der Waals surface area contributed by atoms with Gasteiger partial charge >= 0.3 is 0 Å². The number of rotatable bonds is 3. The normalized spacial score (nSPS) is 12.0. The largest absolute Gasteiger partial charge is 0.506 e. The molecule has 0 heterocycles. The zero-order valence-corrected chi connectivity index (χ0v) is 10.3. The Labute approximate surface area is 102 Å². The van der Waals surface area contributed by atoms with E-state index in [1.807, 2.05) is 0 Å². The van der Waals surface area contributed by atoms with Gasteiger partial charge in [0.05, 0.1) is 4.47 Å². The third-order valence-electron chi connectivity index (χ3n) is 1.96. The summed E-state index contributed by atoms with van der Waals surface area (Å²) in [6, 6.07) is 2.12. The van der Waals surface area contributed by atoms with Gasteiger partial charge in [-0.1, -0.05) is 0 Å². The van der Waals surface area contributed by atoms with Crippen molar-refractivity contribution in [2.45, 2.75) is 12.5 Å². The Bertz CT molecular complexity index is 338. The van der Waals surface area contributed by atoms with Gasteiger partial charge in [-0.05, 0) is 41.0 Å². The minimum atomic E-state index is -0.572. The van der Waals surface area contributed by atoms with Crippen molar-refractivity contribution < 1.29 is 9.50 Å². The number of aromatic hydroxyl groups is 1. The highest BCUT2D eigenvalue weighted by molar-refractivity contribution is 9.10. The van der Waals surface area contributed by atoms with E-state index in [0.29, 0.717) is 17.4 Å². The summed E-state index contributed by atoms with van der Waals surface area (Å²) in [5, 5.41) is 9.57. The number of phenolic OH excluding ortho intramolecular Hbond substituents is 1. The Kier molecular flexibility index (Phi) is 6.12. The maximum absolute atomic E-state index is 13.3. The van der Waals surface area contributed by atoms with Crippen molar-refractivity contribution >= 4 is 28.3 Å². The summed E-state index contributed by atoms with van der Waals surface area (Å²) in [6.45, 7) is 0.354. The van der Waals surface area contributed by atoms with E-state index in [4.69, 9.17) is 11.5 Å². The van der Waals surface area contributed by atoms with Crippen LogP contribution in [-0.4, -0.2) is 11.7 Å². The summed E-state index contributed by atoms with van der Waals surface area (Å²) in [4.78, 5) is 0.